The number of aliphatic hydroxyl groups excluding tert-OH is 1. The van der Waals surface area contributed by atoms with E-state index in [1.807, 2.05) is 13.8 Å². The standard InChI is InChI=1S/C21H25F3N4O5/c1-13(2)8-10-27-16-17(26(3)20(31)28(18(16)30)9-5-11-29)25-19(27)32-14-6-4-7-15(12-14)33-21(22,23)24/h4,6-7,12-13,29H,5,8-11H2,1-3H3. The van der Waals surface area contributed by atoms with Crippen LogP contribution in [0.3, 0.4) is 0 Å². The van der Waals surface area contributed by atoms with E-state index in [2.05, 4.69) is 9.72 Å². The number of aliphatic hydroxyl groups is 1. The zero-order valence-corrected chi connectivity index (χ0v) is 18.4. The molecular formula is C21H25F3N4O5. The quantitative estimate of drug-likeness (QED) is 0.516. The molecule has 9 nitrogen and oxygen atoms in total. The van der Waals surface area contributed by atoms with Crippen LogP contribution in [-0.4, -0.2) is 36.8 Å². The second kappa shape index (κ2) is 9.69. The van der Waals surface area contributed by atoms with E-state index in [4.69, 9.17) is 9.84 Å². The van der Waals surface area contributed by atoms with Crippen molar-refractivity contribution in [2.24, 2.45) is 13.0 Å². The molecule has 0 amide bonds. The molecule has 2 heterocycles. The first-order chi connectivity index (χ1) is 15.5. The van der Waals surface area contributed by atoms with Gasteiger partial charge in [0.2, 0.25) is 0 Å². The van der Waals surface area contributed by atoms with Crippen molar-refractivity contribution in [3.8, 4) is 17.5 Å². The van der Waals surface area contributed by atoms with Crippen molar-refractivity contribution >= 4 is 11.2 Å². The molecule has 0 atom stereocenters. The number of halogens is 3. The number of hydrogen-bond donors (Lipinski definition) is 1. The van der Waals surface area contributed by atoms with Crippen molar-refractivity contribution in [2.45, 2.75) is 46.1 Å². The SMILES string of the molecule is CC(C)CCn1c(Oc2cccc(OC(F)(F)F)c2)nc2c1c(=O)n(CCCO)c(=O)n2C. The summed E-state index contributed by atoms with van der Waals surface area (Å²) in [6.07, 6.45) is -3.99. The molecule has 0 bridgehead atoms. The number of fused-ring (bicyclic) bond motifs is 1. The van der Waals surface area contributed by atoms with Crippen LogP contribution in [0.2, 0.25) is 0 Å². The van der Waals surface area contributed by atoms with Gasteiger partial charge in [-0.3, -0.25) is 18.5 Å². The third-order valence-electron chi connectivity index (χ3n) is 4.92. The van der Waals surface area contributed by atoms with E-state index < -0.39 is 23.4 Å². The first-order valence-corrected chi connectivity index (χ1v) is 10.4. The molecule has 33 heavy (non-hydrogen) atoms. The maximum absolute atomic E-state index is 13.2. The summed E-state index contributed by atoms with van der Waals surface area (Å²) in [5.41, 5.74) is -0.955. The summed E-state index contributed by atoms with van der Waals surface area (Å²) < 4.78 is 51.1. The van der Waals surface area contributed by atoms with Gasteiger partial charge in [-0.2, -0.15) is 4.98 Å². The van der Waals surface area contributed by atoms with Gasteiger partial charge >= 0.3 is 18.1 Å². The average Bonchev–Trinajstić information content (AvgIpc) is 3.08. The van der Waals surface area contributed by atoms with Crippen LogP contribution in [0.1, 0.15) is 26.7 Å². The molecule has 1 aromatic carbocycles. The minimum atomic E-state index is -4.86. The van der Waals surface area contributed by atoms with E-state index in [0.29, 0.717) is 13.0 Å². The number of ether oxygens (including phenoxy) is 2. The highest BCUT2D eigenvalue weighted by Crippen LogP contribution is 2.30. The van der Waals surface area contributed by atoms with Gasteiger partial charge in [-0.05, 0) is 30.9 Å². The lowest BCUT2D eigenvalue weighted by Crippen LogP contribution is -2.39. The summed E-state index contributed by atoms with van der Waals surface area (Å²) in [6.45, 7) is 4.15. The summed E-state index contributed by atoms with van der Waals surface area (Å²) in [4.78, 5) is 30.1. The molecule has 0 saturated heterocycles. The fourth-order valence-electron chi connectivity index (χ4n) is 3.29. The van der Waals surface area contributed by atoms with Crippen molar-refractivity contribution in [1.29, 1.82) is 0 Å². The zero-order chi connectivity index (χ0) is 24.3. The van der Waals surface area contributed by atoms with Crippen LogP contribution in [0.15, 0.2) is 33.9 Å². The van der Waals surface area contributed by atoms with Gasteiger partial charge in [-0.25, -0.2) is 4.79 Å². The number of aromatic nitrogens is 4. The molecule has 0 unspecified atom stereocenters. The molecule has 3 aromatic rings. The monoisotopic (exact) mass is 470 g/mol. The molecule has 0 spiro atoms. The first kappa shape index (κ1) is 24.4. The number of nitrogens with zero attached hydrogens (tertiary/aromatic N) is 4. The zero-order valence-electron chi connectivity index (χ0n) is 18.4. The molecule has 0 aliphatic carbocycles. The third kappa shape index (κ3) is 5.56. The summed E-state index contributed by atoms with van der Waals surface area (Å²) in [5.74, 6) is -0.185. The average molecular weight is 470 g/mol. The Balaban J connectivity index is 2.13. The highest BCUT2D eigenvalue weighted by atomic mass is 19.4. The van der Waals surface area contributed by atoms with Gasteiger partial charge in [0.05, 0.1) is 0 Å². The minimum absolute atomic E-state index is 0.0171. The fraction of sp³-hybridized carbons (Fsp3) is 0.476. The summed E-state index contributed by atoms with van der Waals surface area (Å²) >= 11 is 0. The first-order valence-electron chi connectivity index (χ1n) is 10.4. The third-order valence-corrected chi connectivity index (χ3v) is 4.92. The Hall–Kier alpha value is -3.28. The van der Waals surface area contributed by atoms with Gasteiger partial charge in [0.1, 0.15) is 11.5 Å². The van der Waals surface area contributed by atoms with Gasteiger partial charge < -0.3 is 14.6 Å². The predicted molar refractivity (Wildman–Crippen MR) is 114 cm³/mol. The number of hydrogen-bond acceptors (Lipinski definition) is 6. The van der Waals surface area contributed by atoms with Crippen molar-refractivity contribution in [3.05, 3.63) is 45.1 Å². The Kier molecular flexibility index (Phi) is 7.15. The Bertz CT molecular complexity index is 1240. The normalized spacial score (nSPS) is 12.0. The van der Waals surface area contributed by atoms with Crippen LogP contribution < -0.4 is 20.7 Å². The molecule has 0 fully saturated rings. The smallest absolute Gasteiger partial charge is 0.425 e. The molecule has 3 rings (SSSR count). The Morgan fingerprint density at radius 2 is 1.82 bits per heavy atom. The van der Waals surface area contributed by atoms with Crippen molar-refractivity contribution in [2.75, 3.05) is 6.61 Å². The Morgan fingerprint density at radius 1 is 1.12 bits per heavy atom. The lowest BCUT2D eigenvalue weighted by molar-refractivity contribution is -0.274. The van der Waals surface area contributed by atoms with Crippen LogP contribution in [-0.2, 0) is 20.1 Å². The molecule has 0 radical (unpaired) electrons. The number of alkyl halides is 3. The molecule has 12 heteroatoms. The van der Waals surface area contributed by atoms with E-state index in [0.717, 1.165) is 16.7 Å². The van der Waals surface area contributed by atoms with Crippen molar-refractivity contribution < 1.29 is 27.8 Å². The van der Waals surface area contributed by atoms with E-state index in [1.54, 1.807) is 0 Å². The Morgan fingerprint density at radius 3 is 2.45 bits per heavy atom. The molecule has 1 N–H and O–H groups in total. The van der Waals surface area contributed by atoms with Gasteiger partial charge in [0.25, 0.3) is 5.56 Å². The van der Waals surface area contributed by atoms with Gasteiger partial charge in [0, 0.05) is 32.8 Å². The predicted octanol–water partition coefficient (Wildman–Crippen LogP) is 3.02. The van der Waals surface area contributed by atoms with Crippen LogP contribution in [0, 0.1) is 5.92 Å². The summed E-state index contributed by atoms with van der Waals surface area (Å²) in [7, 11) is 1.46. The van der Waals surface area contributed by atoms with E-state index in [-0.39, 0.29) is 48.4 Å². The largest absolute Gasteiger partial charge is 0.573 e. The van der Waals surface area contributed by atoms with Gasteiger partial charge in [0.15, 0.2) is 11.2 Å². The molecule has 0 aliphatic rings. The highest BCUT2D eigenvalue weighted by Gasteiger charge is 2.31. The number of rotatable bonds is 9. The van der Waals surface area contributed by atoms with E-state index >= 15 is 0 Å². The maximum atomic E-state index is 13.2. The summed E-state index contributed by atoms with van der Waals surface area (Å²) in [5, 5.41) is 9.11. The second-order valence-electron chi connectivity index (χ2n) is 7.90. The lowest BCUT2D eigenvalue weighted by Gasteiger charge is -2.13. The molecule has 0 aliphatic heterocycles. The Labute approximate surface area is 186 Å². The van der Waals surface area contributed by atoms with Crippen LogP contribution in [0.4, 0.5) is 13.2 Å². The van der Waals surface area contributed by atoms with Gasteiger partial charge in [-0.1, -0.05) is 19.9 Å². The number of aryl methyl sites for hydroxylation is 2. The maximum Gasteiger partial charge on any atom is 0.573 e. The summed E-state index contributed by atoms with van der Waals surface area (Å²) in [6, 6.07) is 4.90. The van der Waals surface area contributed by atoms with Crippen LogP contribution >= 0.6 is 0 Å². The number of imidazole rings is 1. The second-order valence-corrected chi connectivity index (χ2v) is 7.90. The van der Waals surface area contributed by atoms with Gasteiger partial charge in [-0.15, -0.1) is 13.2 Å². The molecule has 180 valence electrons. The topological polar surface area (TPSA) is 101 Å². The molecular weight excluding hydrogens is 445 g/mol. The highest BCUT2D eigenvalue weighted by molar-refractivity contribution is 5.72. The van der Waals surface area contributed by atoms with E-state index in [1.165, 1.54) is 28.3 Å². The molecule has 2 aromatic heterocycles. The molecule has 0 saturated carbocycles. The number of benzene rings is 1. The minimum Gasteiger partial charge on any atom is -0.425 e. The van der Waals surface area contributed by atoms with Crippen LogP contribution in [0.5, 0.6) is 17.5 Å². The van der Waals surface area contributed by atoms with Crippen molar-refractivity contribution in [3.63, 3.8) is 0 Å². The fourth-order valence-corrected chi connectivity index (χ4v) is 3.29. The van der Waals surface area contributed by atoms with E-state index in [9.17, 15) is 22.8 Å². The lowest BCUT2D eigenvalue weighted by atomic mass is 10.1. The van der Waals surface area contributed by atoms with Crippen molar-refractivity contribution in [1.82, 2.24) is 18.7 Å². The van der Waals surface area contributed by atoms with Crippen LogP contribution in [0.25, 0.3) is 11.2 Å².